The van der Waals surface area contributed by atoms with Gasteiger partial charge in [-0.05, 0) is 43.5 Å². The molecule has 2 heteroatoms. The molecule has 1 N–H and O–H groups in total. The van der Waals surface area contributed by atoms with Gasteiger partial charge in [0.15, 0.2) is 0 Å². The van der Waals surface area contributed by atoms with E-state index in [0.29, 0.717) is 6.04 Å². The van der Waals surface area contributed by atoms with Gasteiger partial charge in [0.2, 0.25) is 0 Å². The second-order valence-corrected chi connectivity index (χ2v) is 6.03. The van der Waals surface area contributed by atoms with E-state index < -0.39 is 0 Å². The van der Waals surface area contributed by atoms with Crippen molar-refractivity contribution in [2.24, 2.45) is 5.92 Å². The highest BCUT2D eigenvalue weighted by Gasteiger charge is 2.03. The molecule has 1 atom stereocenters. The molecule has 17 heavy (non-hydrogen) atoms. The molecule has 0 bridgehead atoms. The van der Waals surface area contributed by atoms with Gasteiger partial charge in [0, 0.05) is 10.5 Å². The molecule has 1 unspecified atom stereocenters. The number of rotatable bonds is 7. The van der Waals surface area contributed by atoms with Crippen molar-refractivity contribution in [3.05, 3.63) is 34.3 Å². The Morgan fingerprint density at radius 2 is 1.71 bits per heavy atom. The molecule has 1 nitrogen and oxygen atoms in total. The molecule has 1 aromatic carbocycles. The number of unbranched alkanes of at least 4 members (excludes halogenated alkanes) is 1. The molecule has 1 aromatic rings. The minimum absolute atomic E-state index is 0.446. The van der Waals surface area contributed by atoms with E-state index >= 15 is 0 Å². The Morgan fingerprint density at radius 3 is 2.29 bits per heavy atom. The van der Waals surface area contributed by atoms with Crippen LogP contribution in [0.25, 0.3) is 0 Å². The average Bonchev–Trinajstić information content (AvgIpc) is 2.29. The van der Waals surface area contributed by atoms with Gasteiger partial charge in [-0.25, -0.2) is 0 Å². The summed E-state index contributed by atoms with van der Waals surface area (Å²) in [6.07, 6.45) is 3.95. The molecule has 0 aromatic heterocycles. The molecule has 0 aliphatic heterocycles. The van der Waals surface area contributed by atoms with Crippen LogP contribution < -0.4 is 5.32 Å². The lowest BCUT2D eigenvalue weighted by molar-refractivity contribution is 0.498. The molecular weight excluding hydrogens is 274 g/mol. The normalized spacial score (nSPS) is 13.0. The third-order valence-corrected chi connectivity index (χ3v) is 3.56. The van der Waals surface area contributed by atoms with Crippen molar-refractivity contribution in [1.29, 1.82) is 0 Å². The van der Waals surface area contributed by atoms with Crippen molar-refractivity contribution in [2.45, 2.75) is 46.1 Å². The summed E-state index contributed by atoms with van der Waals surface area (Å²) < 4.78 is 1.14. The Balaban J connectivity index is 2.21. The van der Waals surface area contributed by atoms with Crippen LogP contribution in [0.4, 0.5) is 0 Å². The Morgan fingerprint density at radius 1 is 1.06 bits per heavy atom. The van der Waals surface area contributed by atoms with Crippen LogP contribution in [0, 0.1) is 5.92 Å². The molecule has 1 rings (SSSR count). The van der Waals surface area contributed by atoms with Gasteiger partial charge < -0.3 is 5.32 Å². The van der Waals surface area contributed by atoms with Crippen molar-refractivity contribution < 1.29 is 0 Å². The smallest absolute Gasteiger partial charge is 0.0291 e. The first-order valence-corrected chi connectivity index (χ1v) is 7.37. The van der Waals surface area contributed by atoms with Gasteiger partial charge in [-0.15, -0.1) is 0 Å². The molecule has 0 spiro atoms. The second kappa shape index (κ2) is 7.88. The van der Waals surface area contributed by atoms with Gasteiger partial charge in [-0.1, -0.05) is 54.8 Å². The van der Waals surface area contributed by atoms with Gasteiger partial charge >= 0.3 is 0 Å². The summed E-state index contributed by atoms with van der Waals surface area (Å²) >= 11 is 3.46. The Labute approximate surface area is 114 Å². The number of hydrogen-bond acceptors (Lipinski definition) is 1. The van der Waals surface area contributed by atoms with Crippen LogP contribution in [0.2, 0.25) is 0 Å². The average molecular weight is 298 g/mol. The SMILES string of the molecule is CC(C)CCCCNC(C)c1ccc(Br)cc1. The highest BCUT2D eigenvalue weighted by atomic mass is 79.9. The standard InChI is InChI=1S/C15H24BrN/c1-12(2)6-4-5-11-17-13(3)14-7-9-15(16)10-8-14/h7-10,12-13,17H,4-6,11H2,1-3H3. The van der Waals surface area contributed by atoms with E-state index in [0.717, 1.165) is 16.9 Å². The quantitative estimate of drug-likeness (QED) is 0.704. The lowest BCUT2D eigenvalue weighted by Gasteiger charge is -2.14. The largest absolute Gasteiger partial charge is 0.310 e. The fourth-order valence-electron chi connectivity index (χ4n) is 1.87. The second-order valence-electron chi connectivity index (χ2n) is 5.12. The third kappa shape index (κ3) is 6.23. The summed E-state index contributed by atoms with van der Waals surface area (Å²) in [5.74, 6) is 0.832. The maximum Gasteiger partial charge on any atom is 0.0291 e. The topological polar surface area (TPSA) is 12.0 Å². The van der Waals surface area contributed by atoms with Crippen LogP contribution in [0.15, 0.2) is 28.7 Å². The summed E-state index contributed by atoms with van der Waals surface area (Å²) in [5, 5.41) is 3.58. The first-order chi connectivity index (χ1) is 8.09. The fraction of sp³-hybridized carbons (Fsp3) is 0.600. The monoisotopic (exact) mass is 297 g/mol. The molecule has 0 fully saturated rings. The highest BCUT2D eigenvalue weighted by molar-refractivity contribution is 9.10. The third-order valence-electron chi connectivity index (χ3n) is 3.03. The molecule has 0 saturated heterocycles. The number of halogens is 1. The number of benzene rings is 1. The first-order valence-electron chi connectivity index (χ1n) is 6.58. The molecule has 0 radical (unpaired) electrons. The van der Waals surface area contributed by atoms with E-state index in [1.807, 2.05) is 0 Å². The summed E-state index contributed by atoms with van der Waals surface area (Å²) in [6, 6.07) is 9.01. The van der Waals surface area contributed by atoms with Gasteiger partial charge in [-0.3, -0.25) is 0 Å². The van der Waals surface area contributed by atoms with Crippen LogP contribution >= 0.6 is 15.9 Å². The van der Waals surface area contributed by atoms with E-state index in [2.05, 4.69) is 66.3 Å². The summed E-state index contributed by atoms with van der Waals surface area (Å²) in [7, 11) is 0. The van der Waals surface area contributed by atoms with Gasteiger partial charge in [0.1, 0.15) is 0 Å². The van der Waals surface area contributed by atoms with E-state index in [9.17, 15) is 0 Å². The zero-order valence-corrected chi connectivity index (χ0v) is 12.8. The number of hydrogen-bond donors (Lipinski definition) is 1. The Bertz CT molecular complexity index is 305. The van der Waals surface area contributed by atoms with Crippen LogP contribution in [0.5, 0.6) is 0 Å². The minimum atomic E-state index is 0.446. The zero-order chi connectivity index (χ0) is 12.7. The van der Waals surface area contributed by atoms with Crippen molar-refractivity contribution in [3.8, 4) is 0 Å². The Hall–Kier alpha value is -0.340. The number of nitrogens with one attached hydrogen (secondary N) is 1. The molecule has 0 aliphatic rings. The maximum absolute atomic E-state index is 3.58. The van der Waals surface area contributed by atoms with E-state index in [1.165, 1.54) is 24.8 Å². The Kier molecular flexibility index (Phi) is 6.83. The first kappa shape index (κ1) is 14.7. The minimum Gasteiger partial charge on any atom is -0.310 e. The van der Waals surface area contributed by atoms with Crippen LogP contribution in [-0.4, -0.2) is 6.54 Å². The summed E-state index contributed by atoms with van der Waals surface area (Å²) in [6.45, 7) is 7.92. The van der Waals surface area contributed by atoms with Crippen molar-refractivity contribution in [1.82, 2.24) is 5.32 Å². The van der Waals surface area contributed by atoms with Crippen molar-refractivity contribution >= 4 is 15.9 Å². The molecule has 0 saturated carbocycles. The molecule has 0 aliphatic carbocycles. The van der Waals surface area contributed by atoms with E-state index in [-0.39, 0.29) is 0 Å². The summed E-state index contributed by atoms with van der Waals surface area (Å²) in [5.41, 5.74) is 1.36. The highest BCUT2D eigenvalue weighted by Crippen LogP contribution is 2.16. The molecule has 0 heterocycles. The van der Waals surface area contributed by atoms with Gasteiger partial charge in [0.05, 0.1) is 0 Å². The van der Waals surface area contributed by atoms with Gasteiger partial charge in [-0.2, -0.15) is 0 Å². The fourth-order valence-corrected chi connectivity index (χ4v) is 2.13. The van der Waals surface area contributed by atoms with Crippen molar-refractivity contribution in [3.63, 3.8) is 0 Å². The maximum atomic E-state index is 3.58. The van der Waals surface area contributed by atoms with Crippen LogP contribution in [0.1, 0.15) is 51.6 Å². The predicted octanol–water partition coefficient (Wildman–Crippen LogP) is 4.93. The predicted molar refractivity (Wildman–Crippen MR) is 79.2 cm³/mol. The lowest BCUT2D eigenvalue weighted by Crippen LogP contribution is -2.19. The molecule has 96 valence electrons. The van der Waals surface area contributed by atoms with Crippen LogP contribution in [-0.2, 0) is 0 Å². The molecule has 0 amide bonds. The van der Waals surface area contributed by atoms with E-state index in [4.69, 9.17) is 0 Å². The zero-order valence-electron chi connectivity index (χ0n) is 11.2. The van der Waals surface area contributed by atoms with E-state index in [1.54, 1.807) is 0 Å². The summed E-state index contributed by atoms with van der Waals surface area (Å²) in [4.78, 5) is 0. The van der Waals surface area contributed by atoms with Crippen molar-refractivity contribution in [2.75, 3.05) is 6.54 Å². The molecular formula is C15H24BrN. The van der Waals surface area contributed by atoms with Crippen LogP contribution in [0.3, 0.4) is 0 Å². The lowest BCUT2D eigenvalue weighted by atomic mass is 10.1. The van der Waals surface area contributed by atoms with Gasteiger partial charge in [0.25, 0.3) is 0 Å².